The second-order valence-electron chi connectivity index (χ2n) is 6.84. The Morgan fingerprint density at radius 3 is 2.44 bits per heavy atom. The van der Waals surface area contributed by atoms with Gasteiger partial charge in [0.05, 0.1) is 22.5 Å². The van der Waals surface area contributed by atoms with E-state index in [9.17, 15) is 8.42 Å². The van der Waals surface area contributed by atoms with E-state index in [1.54, 1.807) is 12.1 Å². The number of aryl methyl sites for hydroxylation is 2. The summed E-state index contributed by atoms with van der Waals surface area (Å²) in [6.45, 7) is 5.59. The minimum Gasteiger partial charge on any atom is -0.378 e. The van der Waals surface area contributed by atoms with Crippen molar-refractivity contribution in [1.29, 1.82) is 0 Å². The summed E-state index contributed by atoms with van der Waals surface area (Å²) in [5.41, 5.74) is 3.90. The van der Waals surface area contributed by atoms with Crippen molar-refractivity contribution in [3.05, 3.63) is 53.9 Å². The summed E-state index contributed by atoms with van der Waals surface area (Å²) in [6, 6.07) is 13.4. The quantitative estimate of drug-likeness (QED) is 0.673. The molecule has 0 atom stereocenters. The van der Waals surface area contributed by atoms with Crippen LogP contribution in [0.2, 0.25) is 0 Å². The molecule has 144 valence electrons. The molecule has 0 fully saturated rings. The topological polar surface area (TPSA) is 67.2 Å². The summed E-state index contributed by atoms with van der Waals surface area (Å²) in [5, 5.41) is 3.40. The van der Waals surface area contributed by atoms with Gasteiger partial charge in [0.2, 0.25) is 10.0 Å². The fraction of sp³-hybridized carbons (Fsp3) is 0.350. The zero-order valence-electron chi connectivity index (χ0n) is 16.2. The minimum atomic E-state index is -3.48. The Morgan fingerprint density at radius 1 is 1.11 bits per heavy atom. The maximum absolute atomic E-state index is 12.4. The standard InChI is InChI=1S/C20H26N4O2S/c1-5-12-24-19-11-10-17(27(25,26)23(3)4)13-18(19)22-20(24)14-21-16-8-6-15(2)7-9-16/h6-11,13,21H,5,12,14H2,1-4H3. The third-order valence-electron chi connectivity index (χ3n) is 4.53. The molecule has 3 rings (SSSR count). The molecule has 0 aliphatic rings. The third kappa shape index (κ3) is 3.99. The maximum Gasteiger partial charge on any atom is 0.242 e. The van der Waals surface area contributed by atoms with Crippen molar-refractivity contribution < 1.29 is 8.42 Å². The molecular formula is C20H26N4O2S. The number of hydrogen-bond acceptors (Lipinski definition) is 4. The molecule has 0 aliphatic heterocycles. The lowest BCUT2D eigenvalue weighted by atomic mass is 10.2. The van der Waals surface area contributed by atoms with Crippen LogP contribution in [0.25, 0.3) is 11.0 Å². The van der Waals surface area contributed by atoms with Crippen LogP contribution in [0.15, 0.2) is 47.4 Å². The van der Waals surface area contributed by atoms with E-state index in [4.69, 9.17) is 4.98 Å². The zero-order valence-corrected chi connectivity index (χ0v) is 17.0. The molecule has 0 unspecified atom stereocenters. The molecule has 6 nitrogen and oxygen atoms in total. The van der Waals surface area contributed by atoms with Crippen molar-refractivity contribution in [2.24, 2.45) is 0 Å². The second kappa shape index (κ2) is 7.70. The second-order valence-corrected chi connectivity index (χ2v) is 8.99. The first-order valence-corrected chi connectivity index (χ1v) is 10.5. The summed E-state index contributed by atoms with van der Waals surface area (Å²) >= 11 is 0. The van der Waals surface area contributed by atoms with E-state index < -0.39 is 10.0 Å². The van der Waals surface area contributed by atoms with Gasteiger partial charge in [-0.1, -0.05) is 24.6 Å². The van der Waals surface area contributed by atoms with Crippen molar-refractivity contribution in [2.75, 3.05) is 19.4 Å². The SMILES string of the molecule is CCCn1c(CNc2ccc(C)cc2)nc2cc(S(=O)(=O)N(C)C)ccc21. The number of imidazole rings is 1. The molecule has 1 N–H and O–H groups in total. The molecule has 1 aromatic heterocycles. The predicted molar refractivity (Wildman–Crippen MR) is 109 cm³/mol. The molecule has 2 aromatic carbocycles. The van der Waals surface area contributed by atoms with Crippen LogP contribution in [0.5, 0.6) is 0 Å². The van der Waals surface area contributed by atoms with E-state index >= 15 is 0 Å². The Balaban J connectivity index is 1.96. The van der Waals surface area contributed by atoms with Gasteiger partial charge in [0.25, 0.3) is 0 Å². The van der Waals surface area contributed by atoms with Crippen molar-refractivity contribution >= 4 is 26.7 Å². The molecule has 0 radical (unpaired) electrons. The number of nitrogens with zero attached hydrogens (tertiary/aromatic N) is 3. The number of fused-ring (bicyclic) bond motifs is 1. The fourth-order valence-corrected chi connectivity index (χ4v) is 3.91. The van der Waals surface area contributed by atoms with Crippen LogP contribution in [0.4, 0.5) is 5.69 Å². The normalized spacial score (nSPS) is 12.0. The molecule has 0 aliphatic carbocycles. The van der Waals surface area contributed by atoms with E-state index in [0.29, 0.717) is 12.1 Å². The molecule has 1 heterocycles. The van der Waals surface area contributed by atoms with Crippen LogP contribution >= 0.6 is 0 Å². The van der Waals surface area contributed by atoms with Crippen LogP contribution in [0, 0.1) is 6.92 Å². The van der Waals surface area contributed by atoms with Crippen molar-refractivity contribution in [1.82, 2.24) is 13.9 Å². The largest absolute Gasteiger partial charge is 0.378 e. The lowest BCUT2D eigenvalue weighted by Crippen LogP contribution is -2.22. The first-order chi connectivity index (χ1) is 12.8. The van der Waals surface area contributed by atoms with Gasteiger partial charge >= 0.3 is 0 Å². The number of benzene rings is 2. The predicted octanol–water partition coefficient (Wildman–Crippen LogP) is 3.62. The molecule has 0 bridgehead atoms. The molecule has 0 saturated carbocycles. The molecule has 0 saturated heterocycles. The highest BCUT2D eigenvalue weighted by Crippen LogP contribution is 2.23. The molecule has 0 amide bonds. The van der Waals surface area contributed by atoms with Gasteiger partial charge in [-0.15, -0.1) is 0 Å². The Kier molecular flexibility index (Phi) is 5.53. The number of anilines is 1. The van der Waals surface area contributed by atoms with Crippen LogP contribution < -0.4 is 5.32 Å². The van der Waals surface area contributed by atoms with E-state index in [2.05, 4.69) is 35.9 Å². The van der Waals surface area contributed by atoms with Gasteiger partial charge in [0.15, 0.2) is 0 Å². The highest BCUT2D eigenvalue weighted by molar-refractivity contribution is 7.89. The Labute approximate surface area is 160 Å². The zero-order chi connectivity index (χ0) is 19.6. The smallest absolute Gasteiger partial charge is 0.242 e. The third-order valence-corrected chi connectivity index (χ3v) is 6.34. The van der Waals surface area contributed by atoms with Crippen molar-refractivity contribution in [3.8, 4) is 0 Å². The summed E-state index contributed by atoms with van der Waals surface area (Å²) in [4.78, 5) is 4.98. The highest BCUT2D eigenvalue weighted by Gasteiger charge is 2.19. The summed E-state index contributed by atoms with van der Waals surface area (Å²) in [6.07, 6.45) is 0.973. The average molecular weight is 387 g/mol. The number of rotatable bonds is 7. The maximum atomic E-state index is 12.4. The van der Waals surface area contributed by atoms with Gasteiger partial charge in [0.1, 0.15) is 5.82 Å². The number of nitrogens with one attached hydrogen (secondary N) is 1. The van der Waals surface area contributed by atoms with Gasteiger partial charge in [-0.3, -0.25) is 0 Å². The van der Waals surface area contributed by atoms with E-state index in [0.717, 1.165) is 30.0 Å². The molecule has 3 aromatic rings. The van der Waals surface area contributed by atoms with Gasteiger partial charge < -0.3 is 9.88 Å². The van der Waals surface area contributed by atoms with Crippen LogP contribution in [0.3, 0.4) is 0 Å². The number of hydrogen-bond donors (Lipinski definition) is 1. The van der Waals surface area contributed by atoms with Crippen LogP contribution in [-0.2, 0) is 23.1 Å². The summed E-state index contributed by atoms with van der Waals surface area (Å²) in [5.74, 6) is 0.895. The Bertz CT molecular complexity index is 1040. The van der Waals surface area contributed by atoms with E-state index in [1.807, 2.05) is 18.2 Å². The first-order valence-electron chi connectivity index (χ1n) is 9.05. The van der Waals surface area contributed by atoms with Crippen LogP contribution in [0.1, 0.15) is 24.7 Å². The first kappa shape index (κ1) is 19.4. The number of aromatic nitrogens is 2. The minimum absolute atomic E-state index is 0.263. The Morgan fingerprint density at radius 2 is 1.81 bits per heavy atom. The van der Waals surface area contributed by atoms with Gasteiger partial charge in [-0.2, -0.15) is 0 Å². The van der Waals surface area contributed by atoms with E-state index in [1.165, 1.54) is 24.0 Å². The summed E-state index contributed by atoms with van der Waals surface area (Å²) < 4.78 is 28.2. The lowest BCUT2D eigenvalue weighted by molar-refractivity contribution is 0.521. The Hall–Kier alpha value is -2.38. The summed E-state index contributed by atoms with van der Waals surface area (Å²) in [7, 11) is -0.407. The number of sulfonamides is 1. The molecule has 0 spiro atoms. The van der Waals surface area contributed by atoms with Crippen molar-refractivity contribution in [2.45, 2.75) is 38.3 Å². The van der Waals surface area contributed by atoms with Gasteiger partial charge in [-0.05, 0) is 43.7 Å². The fourth-order valence-electron chi connectivity index (χ4n) is 2.99. The monoisotopic (exact) mass is 386 g/mol. The highest BCUT2D eigenvalue weighted by atomic mass is 32.2. The lowest BCUT2D eigenvalue weighted by Gasteiger charge is -2.11. The van der Waals surface area contributed by atoms with Crippen molar-refractivity contribution in [3.63, 3.8) is 0 Å². The van der Waals surface area contributed by atoms with Gasteiger partial charge in [0, 0.05) is 26.3 Å². The van der Waals surface area contributed by atoms with Crippen LogP contribution in [-0.4, -0.2) is 36.4 Å². The molecule has 7 heteroatoms. The molecular weight excluding hydrogens is 360 g/mol. The average Bonchev–Trinajstić information content (AvgIpc) is 2.98. The molecule has 27 heavy (non-hydrogen) atoms. The van der Waals surface area contributed by atoms with E-state index in [-0.39, 0.29) is 4.90 Å². The van der Waals surface area contributed by atoms with Gasteiger partial charge in [-0.25, -0.2) is 17.7 Å².